The quantitative estimate of drug-likeness (QED) is 0.450. The van der Waals surface area contributed by atoms with E-state index in [9.17, 15) is 13.2 Å². The molecule has 2 aromatic carbocycles. The number of hydrogen-bond acceptors (Lipinski definition) is 5. The maximum Gasteiger partial charge on any atom is 0.261 e. The van der Waals surface area contributed by atoms with Gasteiger partial charge in [-0.25, -0.2) is 13.1 Å². The molecule has 0 aliphatic carbocycles. The first-order valence-electron chi connectivity index (χ1n) is 8.42. The lowest BCUT2D eigenvalue weighted by Gasteiger charge is -2.12. The van der Waals surface area contributed by atoms with Gasteiger partial charge in [0.15, 0.2) is 5.11 Å². The Balaban J connectivity index is 2.02. The molecule has 0 unspecified atom stereocenters. The van der Waals surface area contributed by atoms with Gasteiger partial charge in [0.1, 0.15) is 5.75 Å². The van der Waals surface area contributed by atoms with Gasteiger partial charge < -0.3 is 10.1 Å². The van der Waals surface area contributed by atoms with Crippen LogP contribution < -0.4 is 20.1 Å². The summed E-state index contributed by atoms with van der Waals surface area (Å²) in [4.78, 5) is 12.5. The number of para-hydroxylation sites is 1. The van der Waals surface area contributed by atoms with E-state index in [1.165, 1.54) is 18.2 Å². The van der Waals surface area contributed by atoms with Crippen molar-refractivity contribution in [2.75, 3.05) is 18.5 Å². The Kier molecular flexibility index (Phi) is 7.68. The van der Waals surface area contributed by atoms with Gasteiger partial charge in [-0.15, -0.1) is 6.58 Å². The molecule has 0 fully saturated rings. The van der Waals surface area contributed by atoms with Gasteiger partial charge in [0, 0.05) is 12.2 Å². The molecule has 2 aromatic rings. The van der Waals surface area contributed by atoms with Gasteiger partial charge in [0.05, 0.1) is 17.1 Å². The fourth-order valence-electron chi connectivity index (χ4n) is 2.24. The molecule has 0 saturated heterocycles. The summed E-state index contributed by atoms with van der Waals surface area (Å²) in [6, 6.07) is 12.8. The molecule has 0 heterocycles. The fraction of sp³-hybridized carbons (Fsp3) is 0.158. The molecule has 0 bridgehead atoms. The van der Waals surface area contributed by atoms with Crippen molar-refractivity contribution in [3.05, 3.63) is 66.7 Å². The molecule has 0 radical (unpaired) electrons. The third-order valence-corrected chi connectivity index (χ3v) is 5.14. The van der Waals surface area contributed by atoms with Crippen LogP contribution in [0.4, 0.5) is 5.69 Å². The van der Waals surface area contributed by atoms with E-state index in [1.807, 2.05) is 6.92 Å². The Morgan fingerprint density at radius 3 is 2.50 bits per heavy atom. The Morgan fingerprint density at radius 2 is 1.86 bits per heavy atom. The largest absolute Gasteiger partial charge is 0.493 e. The monoisotopic (exact) mass is 419 g/mol. The molecule has 0 aromatic heterocycles. The SMILES string of the molecule is C=CCNS(=O)(=O)c1ccc(NC(=S)NC(=O)c2ccccc2OCC)cc1. The highest BCUT2D eigenvalue weighted by atomic mass is 32.2. The molecular formula is C19H21N3O4S2. The van der Waals surface area contributed by atoms with Gasteiger partial charge in [-0.3, -0.25) is 10.1 Å². The fourth-order valence-corrected chi connectivity index (χ4v) is 3.45. The van der Waals surface area contributed by atoms with Crippen molar-refractivity contribution in [3.8, 4) is 5.75 Å². The van der Waals surface area contributed by atoms with E-state index < -0.39 is 15.9 Å². The Hall–Kier alpha value is -2.75. The summed E-state index contributed by atoms with van der Waals surface area (Å²) in [5.74, 6) is 0.0567. The van der Waals surface area contributed by atoms with E-state index in [0.717, 1.165) is 0 Å². The number of rotatable bonds is 8. The summed E-state index contributed by atoms with van der Waals surface area (Å²) < 4.78 is 31.9. The number of ether oxygens (including phenoxy) is 1. The minimum absolute atomic E-state index is 0.0803. The van der Waals surface area contributed by atoms with Gasteiger partial charge >= 0.3 is 0 Å². The molecule has 28 heavy (non-hydrogen) atoms. The molecule has 7 nitrogen and oxygen atoms in total. The van der Waals surface area contributed by atoms with E-state index >= 15 is 0 Å². The second-order valence-corrected chi connectivity index (χ2v) is 7.68. The van der Waals surface area contributed by atoms with Crippen molar-refractivity contribution in [3.63, 3.8) is 0 Å². The third-order valence-electron chi connectivity index (χ3n) is 3.50. The third kappa shape index (κ3) is 5.88. The number of benzene rings is 2. The lowest BCUT2D eigenvalue weighted by molar-refractivity contribution is 0.0974. The first kappa shape index (κ1) is 21.5. The van der Waals surface area contributed by atoms with Crippen LogP contribution in [0.2, 0.25) is 0 Å². The predicted octanol–water partition coefficient (Wildman–Crippen LogP) is 2.68. The molecule has 148 valence electrons. The number of carbonyl (C=O) groups is 1. The number of anilines is 1. The molecule has 0 atom stereocenters. The predicted molar refractivity (Wildman–Crippen MR) is 113 cm³/mol. The van der Waals surface area contributed by atoms with E-state index in [4.69, 9.17) is 17.0 Å². The number of amides is 1. The van der Waals surface area contributed by atoms with E-state index in [1.54, 1.807) is 36.4 Å². The van der Waals surface area contributed by atoms with Crippen LogP contribution in [-0.2, 0) is 10.0 Å². The van der Waals surface area contributed by atoms with Crippen molar-refractivity contribution in [1.29, 1.82) is 0 Å². The molecule has 0 spiro atoms. The highest BCUT2D eigenvalue weighted by Gasteiger charge is 2.14. The summed E-state index contributed by atoms with van der Waals surface area (Å²) in [5, 5.41) is 5.50. The molecule has 9 heteroatoms. The number of sulfonamides is 1. The molecule has 0 aliphatic rings. The van der Waals surface area contributed by atoms with Crippen molar-refractivity contribution < 1.29 is 17.9 Å². The lowest BCUT2D eigenvalue weighted by atomic mass is 10.2. The molecule has 0 aliphatic heterocycles. The Morgan fingerprint density at radius 1 is 1.18 bits per heavy atom. The van der Waals surface area contributed by atoms with Gasteiger partial charge in [0.25, 0.3) is 5.91 Å². The summed E-state index contributed by atoms with van der Waals surface area (Å²) in [6.45, 7) is 5.88. The number of thiocarbonyl (C=S) groups is 1. The smallest absolute Gasteiger partial charge is 0.261 e. The van der Waals surface area contributed by atoms with Crippen molar-refractivity contribution >= 4 is 38.9 Å². The van der Waals surface area contributed by atoms with Crippen LogP contribution in [0.15, 0.2) is 66.1 Å². The first-order valence-corrected chi connectivity index (χ1v) is 10.3. The van der Waals surface area contributed by atoms with E-state index in [-0.39, 0.29) is 16.6 Å². The summed E-state index contributed by atoms with van der Waals surface area (Å²) in [7, 11) is -3.60. The second kappa shape index (κ2) is 9.98. The zero-order valence-electron chi connectivity index (χ0n) is 15.3. The molecule has 2 rings (SSSR count). The maximum atomic E-state index is 12.4. The topological polar surface area (TPSA) is 96.5 Å². The van der Waals surface area contributed by atoms with Crippen molar-refractivity contribution in [1.82, 2.24) is 10.0 Å². The zero-order valence-corrected chi connectivity index (χ0v) is 16.9. The van der Waals surface area contributed by atoms with Crippen LogP contribution in [0.1, 0.15) is 17.3 Å². The van der Waals surface area contributed by atoms with Crippen molar-refractivity contribution in [2.24, 2.45) is 0 Å². The second-order valence-electron chi connectivity index (χ2n) is 5.50. The highest BCUT2D eigenvalue weighted by molar-refractivity contribution is 7.89. The van der Waals surface area contributed by atoms with Gasteiger partial charge in [-0.05, 0) is 55.5 Å². The summed E-state index contributed by atoms with van der Waals surface area (Å²) in [6.07, 6.45) is 1.46. The summed E-state index contributed by atoms with van der Waals surface area (Å²) in [5.41, 5.74) is 0.897. The van der Waals surface area contributed by atoms with Crippen LogP contribution >= 0.6 is 12.2 Å². The Labute approximate surface area is 169 Å². The summed E-state index contributed by atoms with van der Waals surface area (Å²) >= 11 is 5.16. The standard InChI is InChI=1S/C19H21N3O4S2/c1-3-13-20-28(24,25)15-11-9-14(10-12-15)21-19(27)22-18(23)16-7-5-6-8-17(16)26-4-2/h3,5-12,20H,1,4,13H2,2H3,(H2,21,22,23,27). The average molecular weight is 420 g/mol. The molecule has 1 amide bonds. The van der Waals surface area contributed by atoms with Crippen LogP contribution in [0.5, 0.6) is 5.75 Å². The number of hydrogen-bond donors (Lipinski definition) is 3. The maximum absolute atomic E-state index is 12.4. The van der Waals surface area contributed by atoms with Crippen LogP contribution in [0.3, 0.4) is 0 Å². The molecule has 0 saturated carbocycles. The lowest BCUT2D eigenvalue weighted by Crippen LogP contribution is -2.34. The normalized spacial score (nSPS) is 10.8. The van der Waals surface area contributed by atoms with Gasteiger partial charge in [0.2, 0.25) is 10.0 Å². The van der Waals surface area contributed by atoms with Gasteiger partial charge in [-0.2, -0.15) is 0 Å². The van der Waals surface area contributed by atoms with Crippen LogP contribution in [-0.4, -0.2) is 32.6 Å². The minimum atomic E-state index is -3.60. The zero-order chi connectivity index (χ0) is 20.6. The minimum Gasteiger partial charge on any atom is -0.493 e. The number of nitrogens with one attached hydrogen (secondary N) is 3. The van der Waals surface area contributed by atoms with Crippen LogP contribution in [0.25, 0.3) is 0 Å². The van der Waals surface area contributed by atoms with Crippen molar-refractivity contribution in [2.45, 2.75) is 11.8 Å². The molecular weight excluding hydrogens is 398 g/mol. The van der Waals surface area contributed by atoms with E-state index in [0.29, 0.717) is 23.6 Å². The van der Waals surface area contributed by atoms with Gasteiger partial charge in [-0.1, -0.05) is 18.2 Å². The Bertz CT molecular complexity index is 957. The van der Waals surface area contributed by atoms with E-state index in [2.05, 4.69) is 21.9 Å². The van der Waals surface area contributed by atoms with Crippen LogP contribution in [0, 0.1) is 0 Å². The number of carbonyl (C=O) groups excluding carboxylic acids is 1. The first-order chi connectivity index (χ1) is 13.4. The highest BCUT2D eigenvalue weighted by Crippen LogP contribution is 2.18. The average Bonchev–Trinajstić information content (AvgIpc) is 2.67. The molecule has 3 N–H and O–H groups in total.